The molecule has 10 heteroatoms. The molecule has 1 saturated heterocycles. The zero-order valence-corrected chi connectivity index (χ0v) is 19.0. The molecule has 2 aliphatic carbocycles. The Labute approximate surface area is 190 Å². The van der Waals surface area contributed by atoms with Gasteiger partial charge in [0.2, 0.25) is 0 Å². The van der Waals surface area contributed by atoms with Crippen molar-refractivity contribution in [2.75, 3.05) is 18.9 Å². The molecule has 3 heterocycles. The molecule has 5 atom stereocenters. The lowest BCUT2D eigenvalue weighted by Crippen LogP contribution is -2.47. The van der Waals surface area contributed by atoms with Crippen LogP contribution in [-0.4, -0.2) is 46.4 Å². The molecule has 0 aromatic carbocycles. The maximum absolute atomic E-state index is 12.7. The molecule has 0 bridgehead atoms. The van der Waals surface area contributed by atoms with Crippen LogP contribution in [0.1, 0.15) is 51.3 Å². The minimum absolute atomic E-state index is 0.135. The van der Waals surface area contributed by atoms with E-state index < -0.39 is 12.1 Å². The number of fused-ring (bicyclic) bond motifs is 1. The van der Waals surface area contributed by atoms with Gasteiger partial charge in [0.15, 0.2) is 11.6 Å². The standard InChI is InChI=1S/C23H30F3N5O2/c1-11(2)31-19(21-16-5-15(6-17(16)21)29-12(3)14-9-32-10-14)7-18(30-31)13-4-20(22(27)28-8-13)33-23(24,25)26/h4,7-8,11-12,14-17,21,29H,5-6,9-10H2,1-3H3,(H2,27,28)/t12?,15-,16+,17-,21-. The third-order valence-electron chi connectivity index (χ3n) is 7.31. The number of rotatable bonds is 7. The van der Waals surface area contributed by atoms with Crippen molar-refractivity contribution in [2.24, 2.45) is 17.8 Å². The second-order valence-electron chi connectivity index (χ2n) is 9.92. The molecule has 1 unspecified atom stereocenters. The Morgan fingerprint density at radius 3 is 2.45 bits per heavy atom. The SMILES string of the molecule is CC(N[C@H]1C[C@@H]2[C@H](C1)[C@H]2c1cc(-c2cnc(N)c(OC(F)(F)F)c2)nn1C(C)C)C1COC1. The Hall–Kier alpha value is -2.33. The van der Waals surface area contributed by atoms with Crippen LogP contribution in [0, 0.1) is 17.8 Å². The number of ether oxygens (including phenoxy) is 2. The van der Waals surface area contributed by atoms with Crippen LogP contribution in [-0.2, 0) is 4.74 Å². The van der Waals surface area contributed by atoms with Crippen molar-refractivity contribution in [1.29, 1.82) is 0 Å². The van der Waals surface area contributed by atoms with Gasteiger partial charge in [-0.25, -0.2) is 4.98 Å². The number of nitrogens with two attached hydrogens (primary N) is 1. The number of nitrogen functional groups attached to an aromatic ring is 1. The summed E-state index contributed by atoms with van der Waals surface area (Å²) < 4.78 is 49.5. The number of nitrogens with one attached hydrogen (secondary N) is 1. The van der Waals surface area contributed by atoms with Gasteiger partial charge in [-0.1, -0.05) is 0 Å². The minimum atomic E-state index is -4.84. The van der Waals surface area contributed by atoms with Gasteiger partial charge in [-0.15, -0.1) is 13.2 Å². The Morgan fingerprint density at radius 1 is 1.18 bits per heavy atom. The van der Waals surface area contributed by atoms with Crippen molar-refractivity contribution in [2.45, 2.75) is 64.0 Å². The van der Waals surface area contributed by atoms with Crippen molar-refractivity contribution in [3.05, 3.63) is 24.0 Å². The van der Waals surface area contributed by atoms with E-state index >= 15 is 0 Å². The van der Waals surface area contributed by atoms with E-state index in [0.29, 0.717) is 47.0 Å². The summed E-state index contributed by atoms with van der Waals surface area (Å²) in [7, 11) is 0. The molecule has 2 saturated carbocycles. The summed E-state index contributed by atoms with van der Waals surface area (Å²) in [5.41, 5.74) is 7.75. The minimum Gasteiger partial charge on any atom is -0.402 e. The van der Waals surface area contributed by atoms with Crippen LogP contribution in [0.25, 0.3) is 11.3 Å². The molecule has 2 aromatic rings. The average molecular weight is 466 g/mol. The molecule has 3 aliphatic rings. The van der Waals surface area contributed by atoms with E-state index in [9.17, 15) is 13.2 Å². The van der Waals surface area contributed by atoms with Gasteiger partial charge < -0.3 is 20.5 Å². The first-order chi connectivity index (χ1) is 15.6. The van der Waals surface area contributed by atoms with Gasteiger partial charge in [-0.05, 0) is 57.6 Å². The first-order valence-electron chi connectivity index (χ1n) is 11.6. The summed E-state index contributed by atoms with van der Waals surface area (Å²) in [4.78, 5) is 3.89. The van der Waals surface area contributed by atoms with Gasteiger partial charge in [0.1, 0.15) is 0 Å². The molecule has 33 heavy (non-hydrogen) atoms. The molecule has 0 spiro atoms. The monoisotopic (exact) mass is 465 g/mol. The van der Waals surface area contributed by atoms with Gasteiger partial charge in [0.05, 0.1) is 18.9 Å². The zero-order chi connectivity index (χ0) is 23.5. The summed E-state index contributed by atoms with van der Waals surface area (Å²) in [6.07, 6.45) is -1.12. The molecule has 1 aliphatic heterocycles. The first-order valence-corrected chi connectivity index (χ1v) is 11.6. The molecular formula is C23H30F3N5O2. The fraction of sp³-hybridized carbons (Fsp3) is 0.652. The lowest BCUT2D eigenvalue weighted by molar-refractivity contribution is -0.274. The van der Waals surface area contributed by atoms with Gasteiger partial charge in [0.25, 0.3) is 0 Å². The number of nitrogens with zero attached hydrogens (tertiary/aromatic N) is 3. The van der Waals surface area contributed by atoms with E-state index in [2.05, 4.69) is 35.8 Å². The molecule has 180 valence electrons. The highest BCUT2D eigenvalue weighted by Crippen LogP contribution is 2.63. The van der Waals surface area contributed by atoms with Crippen molar-refractivity contribution in [1.82, 2.24) is 20.1 Å². The van der Waals surface area contributed by atoms with E-state index in [4.69, 9.17) is 15.6 Å². The maximum Gasteiger partial charge on any atom is 0.573 e. The summed E-state index contributed by atoms with van der Waals surface area (Å²) >= 11 is 0. The third-order valence-corrected chi connectivity index (χ3v) is 7.31. The van der Waals surface area contributed by atoms with Crippen LogP contribution in [0.3, 0.4) is 0 Å². The van der Waals surface area contributed by atoms with Gasteiger partial charge in [-0.2, -0.15) is 5.10 Å². The smallest absolute Gasteiger partial charge is 0.402 e. The quantitative estimate of drug-likeness (QED) is 0.640. The van der Waals surface area contributed by atoms with E-state index in [-0.39, 0.29) is 11.9 Å². The average Bonchev–Trinajstić information content (AvgIpc) is 3.02. The largest absolute Gasteiger partial charge is 0.573 e. The number of alkyl halides is 3. The van der Waals surface area contributed by atoms with E-state index in [1.807, 2.05) is 10.7 Å². The van der Waals surface area contributed by atoms with E-state index in [0.717, 1.165) is 31.7 Å². The second-order valence-corrected chi connectivity index (χ2v) is 9.92. The van der Waals surface area contributed by atoms with Crippen LogP contribution >= 0.6 is 0 Å². The predicted octanol–water partition coefficient (Wildman–Crippen LogP) is 4.12. The predicted molar refractivity (Wildman–Crippen MR) is 117 cm³/mol. The topological polar surface area (TPSA) is 87.2 Å². The van der Waals surface area contributed by atoms with Crippen molar-refractivity contribution in [3.63, 3.8) is 0 Å². The number of halogens is 3. The van der Waals surface area contributed by atoms with Crippen LogP contribution in [0.4, 0.5) is 19.0 Å². The summed E-state index contributed by atoms with van der Waals surface area (Å²) in [5, 5.41) is 8.50. The number of pyridine rings is 1. The highest BCUT2D eigenvalue weighted by Gasteiger charge is 2.58. The lowest BCUT2D eigenvalue weighted by atomic mass is 9.97. The van der Waals surface area contributed by atoms with Crippen LogP contribution in [0.5, 0.6) is 5.75 Å². The van der Waals surface area contributed by atoms with Crippen LogP contribution < -0.4 is 15.8 Å². The second kappa shape index (κ2) is 8.16. The maximum atomic E-state index is 12.7. The first kappa shape index (κ1) is 22.5. The molecule has 0 amide bonds. The van der Waals surface area contributed by atoms with Crippen LogP contribution in [0.2, 0.25) is 0 Å². The highest BCUT2D eigenvalue weighted by molar-refractivity contribution is 5.64. The van der Waals surface area contributed by atoms with Crippen molar-refractivity contribution >= 4 is 5.82 Å². The van der Waals surface area contributed by atoms with Gasteiger partial charge in [-0.3, -0.25) is 4.68 Å². The van der Waals surface area contributed by atoms with Gasteiger partial charge >= 0.3 is 6.36 Å². The lowest BCUT2D eigenvalue weighted by Gasteiger charge is -2.34. The van der Waals surface area contributed by atoms with Crippen molar-refractivity contribution < 1.29 is 22.6 Å². The Balaban J connectivity index is 1.32. The molecule has 3 fully saturated rings. The van der Waals surface area contributed by atoms with Gasteiger partial charge in [0, 0.05) is 47.4 Å². The zero-order valence-electron chi connectivity index (χ0n) is 19.0. The highest BCUT2D eigenvalue weighted by atomic mass is 19.4. The molecule has 2 aromatic heterocycles. The third kappa shape index (κ3) is 4.42. The Bertz CT molecular complexity index is 1010. The number of hydrogen-bond acceptors (Lipinski definition) is 6. The van der Waals surface area contributed by atoms with Crippen LogP contribution in [0.15, 0.2) is 18.3 Å². The number of hydrogen-bond donors (Lipinski definition) is 2. The fourth-order valence-electron chi connectivity index (χ4n) is 5.48. The molecule has 7 nitrogen and oxygen atoms in total. The molecule has 0 radical (unpaired) electrons. The van der Waals surface area contributed by atoms with E-state index in [1.165, 1.54) is 12.3 Å². The fourth-order valence-corrected chi connectivity index (χ4v) is 5.48. The summed E-state index contributed by atoms with van der Waals surface area (Å²) in [5.74, 6) is 1.46. The van der Waals surface area contributed by atoms with E-state index in [1.54, 1.807) is 0 Å². The molecular weight excluding hydrogens is 435 g/mol. The normalized spacial score (nSPS) is 28.0. The Morgan fingerprint density at radius 2 is 1.88 bits per heavy atom. The molecule has 5 rings (SSSR count). The molecule has 3 N–H and O–H groups in total. The number of anilines is 1. The number of aromatic nitrogens is 3. The van der Waals surface area contributed by atoms with Crippen molar-refractivity contribution in [3.8, 4) is 17.0 Å². The Kier molecular flexibility index (Phi) is 5.55. The summed E-state index contributed by atoms with van der Waals surface area (Å²) in [6, 6.07) is 4.38. The summed E-state index contributed by atoms with van der Waals surface area (Å²) in [6.45, 7) is 8.06.